The molecule has 1 aliphatic carbocycles. The molecule has 1 amide bonds. The Morgan fingerprint density at radius 1 is 1.33 bits per heavy atom. The van der Waals surface area contributed by atoms with Gasteiger partial charge in [-0.25, -0.2) is 0 Å². The van der Waals surface area contributed by atoms with Gasteiger partial charge in [0.1, 0.15) is 0 Å². The molecule has 0 radical (unpaired) electrons. The maximum atomic E-state index is 11.7. The lowest BCUT2D eigenvalue weighted by atomic mass is 9.93. The highest BCUT2D eigenvalue weighted by Crippen LogP contribution is 2.25. The second-order valence-corrected chi connectivity index (χ2v) is 7.20. The first-order valence-electron chi connectivity index (χ1n) is 8.41. The molecule has 2 fully saturated rings. The van der Waals surface area contributed by atoms with Crippen molar-refractivity contribution in [3.05, 3.63) is 0 Å². The third kappa shape index (κ3) is 4.94. The summed E-state index contributed by atoms with van der Waals surface area (Å²) in [6, 6.07) is 1.16. The summed E-state index contributed by atoms with van der Waals surface area (Å²) in [4.78, 5) is 16.7. The molecule has 1 saturated heterocycles. The molecule has 3 N–H and O–H groups in total. The number of hydrogen-bond acceptors (Lipinski definition) is 4. The van der Waals surface area contributed by atoms with E-state index in [0.29, 0.717) is 12.1 Å². The van der Waals surface area contributed by atoms with Crippen molar-refractivity contribution < 1.29 is 4.79 Å². The van der Waals surface area contributed by atoms with Crippen molar-refractivity contribution in [2.75, 3.05) is 33.2 Å². The van der Waals surface area contributed by atoms with Gasteiger partial charge in [-0.3, -0.25) is 4.79 Å². The van der Waals surface area contributed by atoms with Gasteiger partial charge in [0.15, 0.2) is 0 Å². The number of nitrogens with two attached hydrogens (primary N) is 1. The summed E-state index contributed by atoms with van der Waals surface area (Å²) in [5.74, 6) is -0.206. The van der Waals surface area contributed by atoms with Crippen LogP contribution in [-0.4, -0.2) is 66.6 Å². The van der Waals surface area contributed by atoms with E-state index in [0.717, 1.165) is 45.4 Å². The number of likely N-dealkylation sites (N-methyl/N-ethyl adjacent to an activating group) is 1. The number of amides is 1. The maximum absolute atomic E-state index is 11.7. The predicted molar refractivity (Wildman–Crippen MR) is 86.1 cm³/mol. The topological polar surface area (TPSA) is 61.6 Å². The van der Waals surface area contributed by atoms with Crippen molar-refractivity contribution in [3.63, 3.8) is 0 Å². The Morgan fingerprint density at radius 2 is 2.05 bits per heavy atom. The van der Waals surface area contributed by atoms with E-state index in [1.165, 1.54) is 12.8 Å². The Hall–Kier alpha value is -0.650. The highest BCUT2D eigenvalue weighted by molar-refractivity contribution is 5.84. The Kier molecular flexibility index (Phi) is 5.63. The second kappa shape index (κ2) is 7.07. The van der Waals surface area contributed by atoms with Gasteiger partial charge >= 0.3 is 0 Å². The average molecular weight is 296 g/mol. The summed E-state index contributed by atoms with van der Waals surface area (Å²) < 4.78 is 0. The van der Waals surface area contributed by atoms with Crippen LogP contribution in [0.5, 0.6) is 0 Å². The van der Waals surface area contributed by atoms with Gasteiger partial charge in [0.05, 0.1) is 5.54 Å². The van der Waals surface area contributed by atoms with Crippen molar-refractivity contribution in [1.82, 2.24) is 15.1 Å². The van der Waals surface area contributed by atoms with E-state index in [2.05, 4.69) is 29.1 Å². The summed E-state index contributed by atoms with van der Waals surface area (Å²) in [5.41, 5.74) is 5.07. The van der Waals surface area contributed by atoms with Crippen LogP contribution in [0.1, 0.15) is 46.0 Å². The minimum Gasteiger partial charge on any atom is -0.368 e. The third-order valence-corrected chi connectivity index (χ3v) is 5.09. The van der Waals surface area contributed by atoms with E-state index in [1.807, 2.05) is 6.92 Å². The molecule has 1 heterocycles. The van der Waals surface area contributed by atoms with Gasteiger partial charge in [-0.2, -0.15) is 0 Å². The maximum Gasteiger partial charge on any atom is 0.237 e. The van der Waals surface area contributed by atoms with Gasteiger partial charge in [-0.15, -0.1) is 0 Å². The molecule has 21 heavy (non-hydrogen) atoms. The standard InChI is InChI=1S/C16H32N4O/c1-13-12-20(11-10-19(13)3)9-5-4-8-16(2,15(17)21)18-14-6-7-14/h13-14,18H,4-12H2,1-3H3,(H2,17,21). The zero-order chi connectivity index (χ0) is 15.5. The molecule has 1 saturated carbocycles. The number of nitrogens with zero attached hydrogens (tertiary/aromatic N) is 2. The van der Waals surface area contributed by atoms with Crippen LogP contribution in [0.25, 0.3) is 0 Å². The Morgan fingerprint density at radius 3 is 2.62 bits per heavy atom. The quantitative estimate of drug-likeness (QED) is 0.650. The zero-order valence-electron chi connectivity index (χ0n) is 13.9. The fourth-order valence-electron chi connectivity index (χ4n) is 3.09. The smallest absolute Gasteiger partial charge is 0.237 e. The Balaban J connectivity index is 1.66. The molecule has 0 spiro atoms. The normalized spacial score (nSPS) is 27.5. The number of nitrogens with one attached hydrogen (secondary N) is 1. The van der Waals surface area contributed by atoms with Gasteiger partial charge in [-0.05, 0) is 59.5 Å². The average Bonchev–Trinajstić information content (AvgIpc) is 3.22. The van der Waals surface area contributed by atoms with Crippen LogP contribution >= 0.6 is 0 Å². The van der Waals surface area contributed by atoms with E-state index in [-0.39, 0.29) is 5.91 Å². The lowest BCUT2D eigenvalue weighted by molar-refractivity contribution is -0.124. The van der Waals surface area contributed by atoms with Crippen molar-refractivity contribution in [2.24, 2.45) is 5.73 Å². The van der Waals surface area contributed by atoms with E-state index < -0.39 is 5.54 Å². The largest absolute Gasteiger partial charge is 0.368 e. The first kappa shape index (κ1) is 16.7. The molecule has 1 aliphatic heterocycles. The van der Waals surface area contributed by atoms with E-state index >= 15 is 0 Å². The number of carbonyl (C=O) groups is 1. The molecule has 0 aromatic heterocycles. The lowest BCUT2D eigenvalue weighted by Gasteiger charge is -2.37. The van der Waals surface area contributed by atoms with Gasteiger partial charge in [0.2, 0.25) is 5.91 Å². The number of hydrogen-bond donors (Lipinski definition) is 2. The number of primary amides is 1. The molecule has 2 atom stereocenters. The number of carbonyl (C=O) groups excluding carboxylic acids is 1. The second-order valence-electron chi connectivity index (χ2n) is 7.20. The molecule has 2 aliphatic rings. The highest BCUT2D eigenvalue weighted by Gasteiger charge is 2.36. The molecular formula is C16H32N4O. The van der Waals surface area contributed by atoms with Crippen LogP contribution in [0, 0.1) is 0 Å². The molecule has 5 nitrogen and oxygen atoms in total. The summed E-state index contributed by atoms with van der Waals surface area (Å²) in [5, 5.41) is 3.42. The number of piperazine rings is 1. The summed E-state index contributed by atoms with van der Waals surface area (Å²) in [7, 11) is 2.20. The minimum absolute atomic E-state index is 0.206. The first-order valence-corrected chi connectivity index (χ1v) is 8.41. The molecule has 0 aromatic carbocycles. The zero-order valence-corrected chi connectivity index (χ0v) is 13.9. The summed E-state index contributed by atoms with van der Waals surface area (Å²) in [6.07, 6.45) is 5.41. The predicted octanol–water partition coefficient (Wildman–Crippen LogP) is 0.789. The minimum atomic E-state index is -0.517. The monoisotopic (exact) mass is 296 g/mol. The van der Waals surface area contributed by atoms with E-state index in [1.54, 1.807) is 0 Å². The van der Waals surface area contributed by atoms with Gasteiger partial charge in [0, 0.05) is 31.7 Å². The van der Waals surface area contributed by atoms with Gasteiger partial charge in [0.25, 0.3) is 0 Å². The highest BCUT2D eigenvalue weighted by atomic mass is 16.1. The number of unbranched alkanes of at least 4 members (excludes halogenated alkanes) is 1. The molecule has 5 heteroatoms. The molecular weight excluding hydrogens is 264 g/mol. The SMILES string of the molecule is CC1CN(CCCCC(C)(NC2CC2)C(N)=O)CCN1C. The van der Waals surface area contributed by atoms with Gasteiger partial charge in [-0.1, -0.05) is 0 Å². The first-order chi connectivity index (χ1) is 9.90. The van der Waals surface area contributed by atoms with Crippen molar-refractivity contribution in [1.29, 1.82) is 0 Å². The van der Waals surface area contributed by atoms with Crippen LogP contribution in [0.2, 0.25) is 0 Å². The van der Waals surface area contributed by atoms with Crippen molar-refractivity contribution in [2.45, 2.75) is 63.6 Å². The number of rotatable bonds is 8. The summed E-state index contributed by atoms with van der Waals surface area (Å²) in [6.45, 7) is 8.86. The molecule has 122 valence electrons. The van der Waals surface area contributed by atoms with E-state index in [4.69, 9.17) is 5.73 Å². The fourth-order valence-corrected chi connectivity index (χ4v) is 3.09. The molecule has 0 aromatic rings. The van der Waals surface area contributed by atoms with Crippen LogP contribution in [0.4, 0.5) is 0 Å². The fraction of sp³-hybridized carbons (Fsp3) is 0.938. The third-order valence-electron chi connectivity index (χ3n) is 5.09. The lowest BCUT2D eigenvalue weighted by Crippen LogP contribution is -2.54. The Labute approximate surface area is 129 Å². The van der Waals surface area contributed by atoms with Crippen molar-refractivity contribution in [3.8, 4) is 0 Å². The molecule has 0 bridgehead atoms. The van der Waals surface area contributed by atoms with Crippen LogP contribution in [0.15, 0.2) is 0 Å². The Bertz CT molecular complexity index is 358. The van der Waals surface area contributed by atoms with E-state index in [9.17, 15) is 4.79 Å². The van der Waals surface area contributed by atoms with Crippen LogP contribution in [0.3, 0.4) is 0 Å². The van der Waals surface area contributed by atoms with Crippen LogP contribution in [-0.2, 0) is 4.79 Å². The summed E-state index contributed by atoms with van der Waals surface area (Å²) >= 11 is 0. The van der Waals surface area contributed by atoms with Crippen molar-refractivity contribution >= 4 is 5.91 Å². The molecule has 2 rings (SSSR count). The van der Waals surface area contributed by atoms with Crippen LogP contribution < -0.4 is 11.1 Å². The molecule has 2 unspecified atom stereocenters. The van der Waals surface area contributed by atoms with Gasteiger partial charge < -0.3 is 20.9 Å².